The molecule has 0 saturated carbocycles. The molecule has 0 spiro atoms. The normalized spacial score (nSPS) is 27.5. The number of benzene rings is 1. The quantitative estimate of drug-likeness (QED) is 0.476. The van der Waals surface area contributed by atoms with Gasteiger partial charge in [-0.1, -0.05) is 23.4 Å². The van der Waals surface area contributed by atoms with Crippen LogP contribution in [0.15, 0.2) is 41.7 Å². The van der Waals surface area contributed by atoms with Crippen LogP contribution in [0.2, 0.25) is 0 Å². The van der Waals surface area contributed by atoms with E-state index in [0.717, 1.165) is 19.3 Å². The van der Waals surface area contributed by atoms with E-state index in [9.17, 15) is 22.8 Å². The van der Waals surface area contributed by atoms with Crippen molar-refractivity contribution >= 4 is 28.9 Å². The summed E-state index contributed by atoms with van der Waals surface area (Å²) in [7, 11) is 3.96. The predicted octanol–water partition coefficient (Wildman–Crippen LogP) is 2.30. The van der Waals surface area contributed by atoms with Gasteiger partial charge in [-0.05, 0) is 59.9 Å². The molecule has 4 atom stereocenters. The van der Waals surface area contributed by atoms with Crippen molar-refractivity contribution in [1.29, 1.82) is 0 Å². The van der Waals surface area contributed by atoms with Crippen molar-refractivity contribution in [1.82, 2.24) is 30.1 Å². The third kappa shape index (κ3) is 5.70. The summed E-state index contributed by atoms with van der Waals surface area (Å²) in [4.78, 5) is 36.1. The van der Waals surface area contributed by atoms with Crippen molar-refractivity contribution < 1.29 is 27.2 Å². The summed E-state index contributed by atoms with van der Waals surface area (Å²) in [6.45, 7) is 6.70. The number of aliphatic imine (C=N–C) groups is 1. The second-order valence-electron chi connectivity index (χ2n) is 12.0. The third-order valence-corrected chi connectivity index (χ3v) is 8.97. The summed E-state index contributed by atoms with van der Waals surface area (Å²) in [6.07, 6.45) is -2.66. The molecule has 1 aromatic carbocycles. The number of nitrogens with two attached hydrogens (primary N) is 1. The van der Waals surface area contributed by atoms with E-state index in [-0.39, 0.29) is 29.4 Å². The lowest BCUT2D eigenvalue weighted by Crippen LogP contribution is -2.58. The number of nitrogens with zero attached hydrogens (tertiary/aromatic N) is 7. The lowest BCUT2D eigenvalue weighted by atomic mass is 9.77. The Hall–Kier alpha value is -3.85. The number of hydrogen-bond acceptors (Lipinski definition) is 8. The number of carbonyl (C=O) groups is 2. The first kappa shape index (κ1) is 31.6. The number of anilines is 1. The van der Waals surface area contributed by atoms with Gasteiger partial charge in [-0.2, -0.15) is 13.2 Å². The van der Waals surface area contributed by atoms with E-state index < -0.39 is 41.0 Å². The van der Waals surface area contributed by atoms with Crippen LogP contribution in [0.25, 0.3) is 5.70 Å². The molecule has 3 aliphatic rings. The minimum Gasteiger partial charge on any atom is -0.369 e. The summed E-state index contributed by atoms with van der Waals surface area (Å²) in [5.41, 5.74) is 0.0192. The second-order valence-corrected chi connectivity index (χ2v) is 12.0. The van der Waals surface area contributed by atoms with Crippen LogP contribution in [0.4, 0.5) is 23.2 Å². The van der Waals surface area contributed by atoms with Crippen LogP contribution in [0.3, 0.4) is 0 Å². The molecule has 2 amide bonds. The maximum Gasteiger partial charge on any atom is 0.429 e. The molecule has 3 N–H and O–H groups in total. The molecule has 44 heavy (non-hydrogen) atoms. The Kier molecular flexibility index (Phi) is 8.55. The highest BCUT2D eigenvalue weighted by Crippen LogP contribution is 2.50. The van der Waals surface area contributed by atoms with Gasteiger partial charge in [0, 0.05) is 42.5 Å². The molecule has 15 heteroatoms. The Labute approximate surface area is 252 Å². The zero-order chi connectivity index (χ0) is 32.0. The number of piperazine rings is 1. The first-order valence-electron chi connectivity index (χ1n) is 14.5. The van der Waals surface area contributed by atoms with E-state index in [4.69, 9.17) is 5.73 Å². The van der Waals surface area contributed by atoms with Gasteiger partial charge in [0.2, 0.25) is 5.91 Å². The van der Waals surface area contributed by atoms with E-state index in [2.05, 4.69) is 30.4 Å². The van der Waals surface area contributed by atoms with Gasteiger partial charge in [-0.3, -0.25) is 19.5 Å². The molecule has 11 nitrogen and oxygen atoms in total. The molecule has 5 rings (SSSR count). The molecule has 0 radical (unpaired) electrons. The maximum absolute atomic E-state index is 16.9. The largest absolute Gasteiger partial charge is 0.429 e. The number of piperidine rings is 1. The van der Waals surface area contributed by atoms with Crippen LogP contribution in [0.5, 0.6) is 0 Å². The minimum atomic E-state index is -5.62. The predicted molar refractivity (Wildman–Crippen MR) is 157 cm³/mol. The molecule has 2 unspecified atom stereocenters. The summed E-state index contributed by atoms with van der Waals surface area (Å²) in [5.74, 6) is -4.75. The minimum absolute atomic E-state index is 0.118. The molecule has 1 aromatic heterocycles. The Morgan fingerprint density at radius 3 is 2.32 bits per heavy atom. The molecule has 2 fully saturated rings. The first-order valence-corrected chi connectivity index (χ1v) is 14.5. The summed E-state index contributed by atoms with van der Waals surface area (Å²) < 4.78 is 61.8. The van der Waals surface area contributed by atoms with Gasteiger partial charge in [0.1, 0.15) is 11.6 Å². The Morgan fingerprint density at radius 2 is 1.70 bits per heavy atom. The average Bonchev–Trinajstić information content (AvgIpc) is 3.46. The van der Waals surface area contributed by atoms with Crippen LogP contribution in [0, 0.1) is 5.92 Å². The van der Waals surface area contributed by atoms with Gasteiger partial charge in [0.25, 0.3) is 11.6 Å². The number of aromatic nitrogens is 3. The van der Waals surface area contributed by atoms with Crippen molar-refractivity contribution in [3.8, 4) is 0 Å². The molecule has 4 heterocycles. The van der Waals surface area contributed by atoms with E-state index in [1.807, 2.05) is 32.8 Å². The highest BCUT2D eigenvalue weighted by atomic mass is 19.4. The number of carbonyl (C=O) groups excluding carboxylic acids is 2. The van der Waals surface area contributed by atoms with Gasteiger partial charge in [-0.15, -0.1) is 5.10 Å². The highest BCUT2D eigenvalue weighted by Gasteiger charge is 2.68. The third-order valence-electron chi connectivity index (χ3n) is 8.97. The number of rotatable bonds is 6. The van der Waals surface area contributed by atoms with Gasteiger partial charge >= 0.3 is 6.18 Å². The monoisotopic (exact) mass is 619 g/mol. The van der Waals surface area contributed by atoms with E-state index in [0.29, 0.717) is 42.5 Å². The molecule has 2 aromatic rings. The van der Waals surface area contributed by atoms with Crippen molar-refractivity contribution in [3.05, 3.63) is 47.9 Å². The van der Waals surface area contributed by atoms with Gasteiger partial charge in [-0.25, -0.2) is 9.07 Å². The molecule has 0 bridgehead atoms. The fourth-order valence-electron chi connectivity index (χ4n) is 6.19. The SMILES string of the molecule is C[C@@H]1CN(c2ccccc2C2=NC=C(n3cc(C(=O)NC4CCN(C)CC4)nn3)C(F)(C(F)(F)F)C2C(N)=O)C[C@H](C)N1C. The lowest BCUT2D eigenvalue weighted by molar-refractivity contribution is -0.219. The Bertz CT molecular complexity index is 1450. The number of alkyl halides is 4. The summed E-state index contributed by atoms with van der Waals surface area (Å²) >= 11 is 0. The number of primary amides is 1. The molecular formula is C29H37F4N9O2. The lowest BCUT2D eigenvalue weighted by Gasteiger charge is -2.44. The number of halogens is 4. The van der Waals surface area contributed by atoms with Crippen molar-refractivity contribution in [2.24, 2.45) is 16.6 Å². The average molecular weight is 620 g/mol. The fraction of sp³-hybridized carbons (Fsp3) is 0.552. The van der Waals surface area contributed by atoms with Crippen LogP contribution in [-0.2, 0) is 4.79 Å². The first-order chi connectivity index (χ1) is 20.7. The van der Waals surface area contributed by atoms with Crippen LogP contribution in [0.1, 0.15) is 42.7 Å². The molecule has 2 saturated heterocycles. The fourth-order valence-corrected chi connectivity index (χ4v) is 6.19. The standard InChI is InChI=1S/C29H37F4N9O2/c1-17-14-41(15-18(2)40(17)4)22-8-6-5-7-20(22)25-24(26(34)43)28(30,29(31,32)33)23(13-35-25)42-16-21(37-38-42)27(44)36-19-9-11-39(3)12-10-19/h5-8,13,16-19,24H,9-12,14-15H2,1-4H3,(H2,34,43)(H,36,44)/t17-,18+,24?,28?. The van der Waals surface area contributed by atoms with E-state index in [1.165, 1.54) is 6.07 Å². The van der Waals surface area contributed by atoms with Crippen molar-refractivity contribution in [2.45, 2.75) is 56.7 Å². The number of likely N-dealkylation sites (tertiary alicyclic amines) is 1. The zero-order valence-electron chi connectivity index (χ0n) is 25.1. The second kappa shape index (κ2) is 11.9. The molecule has 0 aliphatic carbocycles. The summed E-state index contributed by atoms with van der Waals surface area (Å²) in [5, 5.41) is 10.1. The van der Waals surface area contributed by atoms with Crippen molar-refractivity contribution in [2.75, 3.05) is 45.2 Å². The van der Waals surface area contributed by atoms with Gasteiger partial charge < -0.3 is 20.9 Å². The van der Waals surface area contributed by atoms with Crippen molar-refractivity contribution in [3.63, 3.8) is 0 Å². The van der Waals surface area contributed by atoms with Crippen LogP contribution >= 0.6 is 0 Å². The molecular weight excluding hydrogens is 582 g/mol. The number of nitrogens with one attached hydrogen (secondary N) is 1. The van der Waals surface area contributed by atoms with Crippen LogP contribution in [-0.4, -0.2) is 113 Å². The van der Waals surface area contributed by atoms with E-state index in [1.54, 1.807) is 18.2 Å². The molecule has 238 valence electrons. The maximum atomic E-state index is 16.9. The summed E-state index contributed by atoms with van der Waals surface area (Å²) in [6, 6.07) is 6.61. The smallest absolute Gasteiger partial charge is 0.369 e. The number of para-hydroxylation sites is 1. The number of allylic oxidation sites excluding steroid dienone is 1. The Morgan fingerprint density at radius 1 is 1.07 bits per heavy atom. The highest BCUT2D eigenvalue weighted by molar-refractivity contribution is 6.18. The number of likely N-dealkylation sites (N-methyl/N-ethyl adjacent to an activating group) is 1. The topological polar surface area (TPSA) is 125 Å². The zero-order valence-corrected chi connectivity index (χ0v) is 25.1. The van der Waals surface area contributed by atoms with E-state index >= 15 is 4.39 Å². The number of amides is 2. The van der Waals surface area contributed by atoms with Gasteiger partial charge in [0.05, 0.1) is 18.1 Å². The Balaban J connectivity index is 1.54. The van der Waals surface area contributed by atoms with Gasteiger partial charge in [0.15, 0.2) is 5.69 Å². The molecule has 3 aliphatic heterocycles. The van der Waals surface area contributed by atoms with Crippen LogP contribution < -0.4 is 16.0 Å². The number of hydrogen-bond donors (Lipinski definition) is 2.